The molecule has 0 bridgehead atoms. The Kier molecular flexibility index (Phi) is 3.15. The van der Waals surface area contributed by atoms with Gasteiger partial charge in [0, 0.05) is 59.0 Å². The molecule has 6 heteroatoms. The summed E-state index contributed by atoms with van der Waals surface area (Å²) in [5.74, 6) is 1.28. The van der Waals surface area contributed by atoms with Crippen molar-refractivity contribution in [2.45, 2.75) is 13.0 Å². The van der Waals surface area contributed by atoms with Crippen LogP contribution in [0.1, 0.15) is 11.3 Å². The molecule has 2 aromatic heterocycles. The van der Waals surface area contributed by atoms with Crippen LogP contribution in [0.5, 0.6) is 5.88 Å². The first-order chi connectivity index (χ1) is 10.7. The van der Waals surface area contributed by atoms with Crippen molar-refractivity contribution in [1.82, 2.24) is 15.0 Å². The van der Waals surface area contributed by atoms with Crippen molar-refractivity contribution >= 4 is 28.5 Å². The molecule has 1 aliphatic heterocycles. The molecular formula is C16H15ClN4O. The van der Waals surface area contributed by atoms with Crippen LogP contribution in [0.15, 0.2) is 30.5 Å². The molecule has 3 heterocycles. The van der Waals surface area contributed by atoms with Crippen LogP contribution in [0.3, 0.4) is 0 Å². The summed E-state index contributed by atoms with van der Waals surface area (Å²) < 4.78 is 5.18. The van der Waals surface area contributed by atoms with Crippen LogP contribution in [0, 0.1) is 0 Å². The van der Waals surface area contributed by atoms with Gasteiger partial charge in [-0.3, -0.25) is 0 Å². The molecule has 0 fully saturated rings. The summed E-state index contributed by atoms with van der Waals surface area (Å²) >= 11 is 6.14. The van der Waals surface area contributed by atoms with Gasteiger partial charge >= 0.3 is 0 Å². The van der Waals surface area contributed by atoms with Crippen LogP contribution >= 0.6 is 11.6 Å². The van der Waals surface area contributed by atoms with Crippen molar-refractivity contribution in [3.05, 3.63) is 46.7 Å². The molecule has 0 atom stereocenters. The third-order valence-electron chi connectivity index (χ3n) is 4.05. The predicted molar refractivity (Wildman–Crippen MR) is 86.6 cm³/mol. The van der Waals surface area contributed by atoms with Crippen LogP contribution in [0.25, 0.3) is 10.9 Å². The molecule has 0 radical (unpaired) electrons. The van der Waals surface area contributed by atoms with E-state index in [0.29, 0.717) is 11.8 Å². The summed E-state index contributed by atoms with van der Waals surface area (Å²) in [7, 11) is 1.61. The smallest absolute Gasteiger partial charge is 0.228 e. The molecule has 4 rings (SSSR count). The average Bonchev–Trinajstić information content (AvgIpc) is 2.92. The van der Waals surface area contributed by atoms with E-state index in [2.05, 4.69) is 19.9 Å². The highest BCUT2D eigenvalue weighted by Crippen LogP contribution is 2.31. The van der Waals surface area contributed by atoms with E-state index in [1.54, 1.807) is 19.4 Å². The zero-order valence-electron chi connectivity index (χ0n) is 12.1. The summed E-state index contributed by atoms with van der Waals surface area (Å²) in [6.45, 7) is 1.64. The number of nitrogens with zero attached hydrogens (tertiary/aromatic N) is 3. The number of ether oxygens (including phenoxy) is 1. The van der Waals surface area contributed by atoms with Gasteiger partial charge in [0.25, 0.3) is 0 Å². The number of aromatic amines is 1. The predicted octanol–water partition coefficient (Wildman–Crippen LogP) is 3.18. The first-order valence-corrected chi connectivity index (χ1v) is 7.53. The maximum Gasteiger partial charge on any atom is 0.228 e. The molecular weight excluding hydrogens is 300 g/mol. The van der Waals surface area contributed by atoms with Crippen molar-refractivity contribution in [3.8, 4) is 5.88 Å². The number of hydrogen-bond acceptors (Lipinski definition) is 4. The highest BCUT2D eigenvalue weighted by Gasteiger charge is 2.22. The molecule has 5 nitrogen and oxygen atoms in total. The minimum atomic E-state index is 0.581. The minimum Gasteiger partial charge on any atom is -0.481 e. The monoisotopic (exact) mass is 314 g/mol. The maximum atomic E-state index is 6.14. The second kappa shape index (κ2) is 5.18. The zero-order valence-corrected chi connectivity index (χ0v) is 12.9. The van der Waals surface area contributed by atoms with E-state index >= 15 is 0 Å². The number of hydrogen-bond donors (Lipinski definition) is 1. The van der Waals surface area contributed by atoms with Gasteiger partial charge in [-0.1, -0.05) is 11.6 Å². The van der Waals surface area contributed by atoms with Crippen molar-refractivity contribution in [2.75, 3.05) is 18.6 Å². The number of aromatic nitrogens is 3. The van der Waals surface area contributed by atoms with E-state index in [1.165, 1.54) is 16.6 Å². The number of rotatable bonds is 2. The van der Waals surface area contributed by atoms with E-state index in [9.17, 15) is 0 Å². The summed E-state index contributed by atoms with van der Waals surface area (Å²) in [6, 6.07) is 7.71. The molecule has 1 aliphatic rings. The lowest BCUT2D eigenvalue weighted by atomic mass is 10.0. The summed E-state index contributed by atoms with van der Waals surface area (Å²) in [6.07, 6.45) is 2.66. The number of anilines is 1. The lowest BCUT2D eigenvalue weighted by molar-refractivity contribution is 0.396. The second-order valence-electron chi connectivity index (χ2n) is 5.34. The Labute approximate surface area is 132 Å². The molecule has 3 aromatic rings. The fraction of sp³-hybridized carbons (Fsp3) is 0.250. The van der Waals surface area contributed by atoms with Crippen LogP contribution in [-0.4, -0.2) is 28.6 Å². The van der Waals surface area contributed by atoms with Gasteiger partial charge in [0.05, 0.1) is 7.11 Å². The molecule has 0 saturated heterocycles. The third kappa shape index (κ3) is 2.18. The van der Waals surface area contributed by atoms with E-state index in [4.69, 9.17) is 16.3 Å². The summed E-state index contributed by atoms with van der Waals surface area (Å²) in [4.78, 5) is 14.4. The Balaban J connectivity index is 1.73. The van der Waals surface area contributed by atoms with Gasteiger partial charge in [-0.25, -0.2) is 4.98 Å². The first-order valence-electron chi connectivity index (χ1n) is 7.15. The van der Waals surface area contributed by atoms with E-state index < -0.39 is 0 Å². The number of methoxy groups -OCH3 is 1. The fourth-order valence-electron chi connectivity index (χ4n) is 2.96. The maximum absolute atomic E-state index is 6.14. The van der Waals surface area contributed by atoms with Crippen LogP contribution in [-0.2, 0) is 13.0 Å². The van der Waals surface area contributed by atoms with Gasteiger partial charge in [-0.2, -0.15) is 4.98 Å². The summed E-state index contributed by atoms with van der Waals surface area (Å²) in [5, 5.41) is 1.93. The quantitative estimate of drug-likeness (QED) is 0.789. The Morgan fingerprint density at radius 3 is 3.09 bits per heavy atom. The standard InChI is InChI=1S/C16H15ClN4O/c1-22-15-4-6-18-16(20-15)21-7-5-14-12(9-21)11-8-10(17)2-3-13(11)19-14/h2-4,6,8,19H,5,7,9H2,1H3. The minimum absolute atomic E-state index is 0.581. The Morgan fingerprint density at radius 2 is 2.23 bits per heavy atom. The van der Waals surface area contributed by atoms with Crippen molar-refractivity contribution in [2.24, 2.45) is 0 Å². The number of halogens is 1. The lowest BCUT2D eigenvalue weighted by Crippen LogP contribution is -2.31. The van der Waals surface area contributed by atoms with E-state index in [-0.39, 0.29) is 0 Å². The Hall–Kier alpha value is -2.27. The molecule has 0 saturated carbocycles. The number of fused-ring (bicyclic) bond motifs is 3. The van der Waals surface area contributed by atoms with Gasteiger partial charge in [0.1, 0.15) is 0 Å². The van der Waals surface area contributed by atoms with E-state index in [1.807, 2.05) is 18.2 Å². The largest absolute Gasteiger partial charge is 0.481 e. The highest BCUT2D eigenvalue weighted by atomic mass is 35.5. The molecule has 0 aliphatic carbocycles. The topological polar surface area (TPSA) is 54.0 Å². The SMILES string of the molecule is COc1ccnc(N2CCc3[nH]c4ccc(Cl)cc4c3C2)n1. The van der Waals surface area contributed by atoms with Gasteiger partial charge in [0.2, 0.25) is 11.8 Å². The van der Waals surface area contributed by atoms with E-state index in [0.717, 1.165) is 30.0 Å². The van der Waals surface area contributed by atoms with Gasteiger partial charge in [0.15, 0.2) is 0 Å². The molecule has 1 N–H and O–H groups in total. The van der Waals surface area contributed by atoms with Gasteiger partial charge in [-0.15, -0.1) is 0 Å². The zero-order chi connectivity index (χ0) is 15.1. The van der Waals surface area contributed by atoms with Gasteiger partial charge < -0.3 is 14.6 Å². The highest BCUT2D eigenvalue weighted by molar-refractivity contribution is 6.31. The van der Waals surface area contributed by atoms with Crippen molar-refractivity contribution < 1.29 is 4.74 Å². The van der Waals surface area contributed by atoms with Gasteiger partial charge in [-0.05, 0) is 18.2 Å². The second-order valence-corrected chi connectivity index (χ2v) is 5.78. The summed E-state index contributed by atoms with van der Waals surface area (Å²) in [5.41, 5.74) is 3.68. The molecule has 112 valence electrons. The number of benzene rings is 1. The Morgan fingerprint density at radius 1 is 1.32 bits per heavy atom. The molecule has 1 aromatic carbocycles. The first kappa shape index (κ1) is 13.4. The lowest BCUT2D eigenvalue weighted by Gasteiger charge is -2.27. The molecule has 0 spiro atoms. The average molecular weight is 315 g/mol. The fourth-order valence-corrected chi connectivity index (χ4v) is 3.13. The van der Waals surface area contributed by atoms with Crippen LogP contribution in [0.4, 0.5) is 5.95 Å². The number of H-pyrrole nitrogens is 1. The van der Waals surface area contributed by atoms with Crippen LogP contribution in [0.2, 0.25) is 5.02 Å². The molecule has 0 amide bonds. The van der Waals surface area contributed by atoms with Crippen molar-refractivity contribution in [1.29, 1.82) is 0 Å². The van der Waals surface area contributed by atoms with Crippen molar-refractivity contribution in [3.63, 3.8) is 0 Å². The van der Waals surface area contributed by atoms with Crippen LogP contribution < -0.4 is 9.64 Å². The molecule has 22 heavy (non-hydrogen) atoms. The normalized spacial score (nSPS) is 14.2. The number of nitrogens with one attached hydrogen (secondary N) is 1. The Bertz CT molecular complexity index is 845. The molecule has 0 unspecified atom stereocenters. The third-order valence-corrected chi connectivity index (χ3v) is 4.28.